The number of rotatable bonds is 4. The third kappa shape index (κ3) is 2.13. The Labute approximate surface area is 83.9 Å². The molecule has 1 aromatic heterocycles. The molecule has 0 bridgehead atoms. The number of nitrogens with one attached hydrogen (secondary N) is 1. The highest BCUT2D eigenvalue weighted by molar-refractivity contribution is 5.07. The first-order valence-corrected chi connectivity index (χ1v) is 5.25. The van der Waals surface area contributed by atoms with Gasteiger partial charge in [-0.15, -0.1) is 0 Å². The van der Waals surface area contributed by atoms with E-state index in [9.17, 15) is 0 Å². The predicted molar refractivity (Wildman–Crippen MR) is 54.1 cm³/mol. The second-order valence-corrected chi connectivity index (χ2v) is 3.75. The quantitative estimate of drug-likeness (QED) is 0.740. The Bertz CT molecular complexity index is 279. The van der Waals surface area contributed by atoms with Crippen LogP contribution in [0.1, 0.15) is 30.3 Å². The highest BCUT2D eigenvalue weighted by Crippen LogP contribution is 2.21. The molecule has 4 nitrogen and oxygen atoms in total. The van der Waals surface area contributed by atoms with Gasteiger partial charge in [-0.1, -0.05) is 0 Å². The topological polar surface area (TPSA) is 64.1 Å². The Balaban J connectivity index is 1.94. The molecule has 0 aromatic carbocycles. The highest BCUT2D eigenvalue weighted by atomic mass is 16.3. The molecule has 1 unspecified atom stereocenters. The van der Waals surface area contributed by atoms with Crippen LogP contribution in [0.4, 0.5) is 0 Å². The van der Waals surface area contributed by atoms with E-state index in [1.165, 1.54) is 6.42 Å². The fourth-order valence-corrected chi connectivity index (χ4v) is 1.79. The van der Waals surface area contributed by atoms with Gasteiger partial charge in [0.2, 0.25) is 0 Å². The maximum absolute atomic E-state index is 5.43. The largest absolute Gasteiger partial charge is 0.449 e. The molecule has 1 fully saturated rings. The summed E-state index contributed by atoms with van der Waals surface area (Å²) in [5.41, 5.74) is 6.52. The van der Waals surface area contributed by atoms with Gasteiger partial charge in [0.05, 0.1) is 5.69 Å². The molecule has 0 radical (unpaired) electrons. The molecule has 1 aliphatic heterocycles. The Morgan fingerprint density at radius 3 is 3.29 bits per heavy atom. The molecule has 2 rings (SSSR count). The van der Waals surface area contributed by atoms with Gasteiger partial charge in [-0.05, 0) is 25.9 Å². The van der Waals surface area contributed by atoms with Crippen molar-refractivity contribution in [2.75, 3.05) is 19.6 Å². The summed E-state index contributed by atoms with van der Waals surface area (Å²) in [7, 11) is 0. The average molecular weight is 195 g/mol. The van der Waals surface area contributed by atoms with Crippen LogP contribution in [0.15, 0.2) is 10.7 Å². The minimum absolute atomic E-state index is 0.547. The lowest BCUT2D eigenvalue weighted by Gasteiger charge is -2.00. The maximum atomic E-state index is 5.43. The van der Waals surface area contributed by atoms with Crippen molar-refractivity contribution in [3.05, 3.63) is 17.8 Å². The lowest BCUT2D eigenvalue weighted by Crippen LogP contribution is -2.08. The second-order valence-electron chi connectivity index (χ2n) is 3.75. The van der Waals surface area contributed by atoms with E-state index in [1.54, 1.807) is 6.26 Å². The minimum Gasteiger partial charge on any atom is -0.449 e. The number of nitrogens with zero attached hydrogens (tertiary/aromatic N) is 1. The Hall–Kier alpha value is -0.870. The monoisotopic (exact) mass is 195 g/mol. The standard InChI is InChI=1S/C10H17N3O/c11-4-1-2-10-13-9(7-14-10)8-3-5-12-6-8/h7-8,12H,1-6,11H2. The van der Waals surface area contributed by atoms with Gasteiger partial charge >= 0.3 is 0 Å². The number of nitrogens with two attached hydrogens (primary N) is 1. The molecular formula is C10H17N3O. The number of hydrogen-bond donors (Lipinski definition) is 2. The SMILES string of the molecule is NCCCc1nc(C2CCNC2)co1. The van der Waals surface area contributed by atoms with E-state index in [0.717, 1.165) is 37.5 Å². The van der Waals surface area contributed by atoms with E-state index in [1.807, 2.05) is 0 Å². The zero-order valence-electron chi connectivity index (χ0n) is 8.33. The molecular weight excluding hydrogens is 178 g/mol. The van der Waals surface area contributed by atoms with E-state index < -0.39 is 0 Å². The third-order valence-electron chi connectivity index (χ3n) is 2.64. The van der Waals surface area contributed by atoms with Crippen molar-refractivity contribution in [2.45, 2.75) is 25.2 Å². The molecule has 0 aliphatic carbocycles. The summed E-state index contributed by atoms with van der Waals surface area (Å²) in [6, 6.07) is 0. The van der Waals surface area contributed by atoms with E-state index in [0.29, 0.717) is 12.5 Å². The molecule has 0 amide bonds. The number of aryl methyl sites for hydroxylation is 1. The molecule has 4 heteroatoms. The number of oxazole rings is 1. The highest BCUT2D eigenvalue weighted by Gasteiger charge is 2.19. The summed E-state index contributed by atoms with van der Waals surface area (Å²) in [5, 5.41) is 3.32. The van der Waals surface area contributed by atoms with Gasteiger partial charge in [-0.25, -0.2) is 4.98 Å². The Kier molecular flexibility index (Phi) is 3.16. The van der Waals surface area contributed by atoms with Gasteiger partial charge in [-0.3, -0.25) is 0 Å². The molecule has 0 spiro atoms. The first-order valence-electron chi connectivity index (χ1n) is 5.25. The molecule has 0 saturated carbocycles. The molecule has 1 aromatic rings. The second kappa shape index (κ2) is 4.57. The van der Waals surface area contributed by atoms with E-state index >= 15 is 0 Å². The zero-order chi connectivity index (χ0) is 9.80. The van der Waals surface area contributed by atoms with E-state index in [2.05, 4.69) is 10.3 Å². The van der Waals surface area contributed by atoms with Crippen molar-refractivity contribution in [3.63, 3.8) is 0 Å². The summed E-state index contributed by atoms with van der Waals surface area (Å²) in [5.74, 6) is 1.38. The van der Waals surface area contributed by atoms with Crippen molar-refractivity contribution in [1.82, 2.24) is 10.3 Å². The molecule has 78 valence electrons. The van der Waals surface area contributed by atoms with Gasteiger partial charge in [0.25, 0.3) is 0 Å². The summed E-state index contributed by atoms with van der Waals surface area (Å²) in [6.45, 7) is 2.82. The van der Waals surface area contributed by atoms with Crippen LogP contribution in [0.25, 0.3) is 0 Å². The number of hydrogen-bond acceptors (Lipinski definition) is 4. The van der Waals surface area contributed by atoms with Crippen LogP contribution < -0.4 is 11.1 Å². The van der Waals surface area contributed by atoms with Crippen molar-refractivity contribution in [3.8, 4) is 0 Å². The molecule has 1 atom stereocenters. The Morgan fingerprint density at radius 2 is 2.57 bits per heavy atom. The van der Waals surface area contributed by atoms with E-state index in [4.69, 9.17) is 10.2 Å². The van der Waals surface area contributed by atoms with E-state index in [-0.39, 0.29) is 0 Å². The summed E-state index contributed by atoms with van der Waals surface area (Å²) in [6.07, 6.45) is 4.77. The van der Waals surface area contributed by atoms with Crippen LogP contribution in [0, 0.1) is 0 Å². The third-order valence-corrected chi connectivity index (χ3v) is 2.64. The molecule has 14 heavy (non-hydrogen) atoms. The first kappa shape index (κ1) is 9.68. The zero-order valence-corrected chi connectivity index (χ0v) is 8.33. The maximum Gasteiger partial charge on any atom is 0.194 e. The lowest BCUT2D eigenvalue weighted by molar-refractivity contribution is 0.487. The van der Waals surface area contributed by atoms with Gasteiger partial charge < -0.3 is 15.5 Å². The number of aromatic nitrogens is 1. The lowest BCUT2D eigenvalue weighted by atomic mass is 10.1. The van der Waals surface area contributed by atoms with Crippen LogP contribution in [-0.4, -0.2) is 24.6 Å². The molecule has 1 aliphatic rings. The molecule has 1 saturated heterocycles. The van der Waals surface area contributed by atoms with Crippen molar-refractivity contribution >= 4 is 0 Å². The normalized spacial score (nSPS) is 21.6. The van der Waals surface area contributed by atoms with Crippen LogP contribution >= 0.6 is 0 Å². The molecule has 3 N–H and O–H groups in total. The molecule has 2 heterocycles. The van der Waals surface area contributed by atoms with Gasteiger partial charge in [0.1, 0.15) is 6.26 Å². The summed E-state index contributed by atoms with van der Waals surface area (Å²) >= 11 is 0. The van der Waals surface area contributed by atoms with Crippen LogP contribution in [0.2, 0.25) is 0 Å². The van der Waals surface area contributed by atoms with Crippen LogP contribution in [0.5, 0.6) is 0 Å². The average Bonchev–Trinajstić information content (AvgIpc) is 2.85. The van der Waals surface area contributed by atoms with Crippen molar-refractivity contribution in [2.24, 2.45) is 5.73 Å². The predicted octanol–water partition coefficient (Wildman–Crippen LogP) is 0.643. The van der Waals surface area contributed by atoms with Gasteiger partial charge in [0.15, 0.2) is 5.89 Å². The van der Waals surface area contributed by atoms with Crippen molar-refractivity contribution in [1.29, 1.82) is 0 Å². The van der Waals surface area contributed by atoms with Crippen LogP contribution in [0.3, 0.4) is 0 Å². The van der Waals surface area contributed by atoms with Gasteiger partial charge in [-0.2, -0.15) is 0 Å². The Morgan fingerprint density at radius 1 is 1.64 bits per heavy atom. The smallest absolute Gasteiger partial charge is 0.194 e. The minimum atomic E-state index is 0.547. The summed E-state index contributed by atoms with van der Waals surface area (Å²) < 4.78 is 5.38. The van der Waals surface area contributed by atoms with Crippen molar-refractivity contribution < 1.29 is 4.42 Å². The fraction of sp³-hybridized carbons (Fsp3) is 0.700. The fourth-order valence-electron chi connectivity index (χ4n) is 1.79. The van der Waals surface area contributed by atoms with Crippen LogP contribution in [-0.2, 0) is 6.42 Å². The van der Waals surface area contributed by atoms with Gasteiger partial charge in [0, 0.05) is 18.9 Å². The first-order chi connectivity index (χ1) is 6.90. The summed E-state index contributed by atoms with van der Waals surface area (Å²) in [4.78, 5) is 4.47.